The predicted octanol–water partition coefficient (Wildman–Crippen LogP) is 4.21. The lowest BCUT2D eigenvalue weighted by molar-refractivity contribution is 0.0600. The Balaban J connectivity index is 1.72. The molecule has 9 heteroatoms. The highest BCUT2D eigenvalue weighted by Crippen LogP contribution is 2.28. The molecule has 8 nitrogen and oxygen atoms in total. The third-order valence-corrected chi connectivity index (χ3v) is 5.91. The fraction of sp³-hybridized carbons (Fsp3) is 0.636. The van der Waals surface area contributed by atoms with Gasteiger partial charge in [-0.05, 0) is 58.6 Å². The smallest absolute Gasteiger partial charge is 0.410 e. The van der Waals surface area contributed by atoms with Crippen molar-refractivity contribution >= 4 is 6.09 Å². The molecule has 2 heterocycles. The van der Waals surface area contributed by atoms with E-state index in [1.54, 1.807) is 25.6 Å². The number of hydrogen-bond acceptors (Lipinski definition) is 6. The fourth-order valence-electron chi connectivity index (χ4n) is 3.47. The van der Waals surface area contributed by atoms with Gasteiger partial charge in [-0.15, -0.1) is 5.10 Å². The van der Waals surface area contributed by atoms with Crippen molar-refractivity contribution in [1.29, 1.82) is 0 Å². The summed E-state index contributed by atoms with van der Waals surface area (Å²) in [6.45, 7) is 4.46. The minimum atomic E-state index is -0.947. The number of alkyl halides is 1. The van der Waals surface area contributed by atoms with Crippen molar-refractivity contribution in [3.63, 3.8) is 0 Å². The lowest BCUT2D eigenvalue weighted by Crippen LogP contribution is -2.46. The van der Waals surface area contributed by atoms with Gasteiger partial charge in [0.05, 0.1) is 23.0 Å². The van der Waals surface area contributed by atoms with Crippen LogP contribution in [0.2, 0.25) is 0 Å². The molecular weight excluding hydrogens is 401 g/mol. The minimum Gasteiger partial charge on any atom is -0.489 e. The number of aromatic nitrogens is 4. The molecule has 1 aliphatic carbocycles. The summed E-state index contributed by atoms with van der Waals surface area (Å²) in [4.78, 5) is 18.2. The van der Waals surface area contributed by atoms with E-state index in [1.807, 2.05) is 19.1 Å². The van der Waals surface area contributed by atoms with E-state index < -0.39 is 18.3 Å². The number of halogens is 1. The Morgan fingerprint density at radius 2 is 2.00 bits per heavy atom. The van der Waals surface area contributed by atoms with Crippen LogP contribution in [0.5, 0.6) is 5.75 Å². The Labute approximate surface area is 182 Å². The van der Waals surface area contributed by atoms with Gasteiger partial charge in [-0.25, -0.2) is 18.9 Å². The highest BCUT2D eigenvalue weighted by molar-refractivity contribution is 5.68. The SMILES string of the molecule is Cc1nc(-c2nnn(C)c2COC(=O)N(C)C(C)(C)CF)ccc1OC1CCCCC1. The Morgan fingerprint density at radius 3 is 2.65 bits per heavy atom. The van der Waals surface area contributed by atoms with Gasteiger partial charge < -0.3 is 14.4 Å². The van der Waals surface area contributed by atoms with Crippen LogP contribution in [-0.2, 0) is 18.4 Å². The molecule has 0 spiro atoms. The van der Waals surface area contributed by atoms with E-state index in [0.717, 1.165) is 24.3 Å². The zero-order valence-corrected chi connectivity index (χ0v) is 19.0. The van der Waals surface area contributed by atoms with E-state index in [9.17, 15) is 9.18 Å². The first kappa shape index (κ1) is 23.0. The number of rotatable bonds is 7. The van der Waals surface area contributed by atoms with Gasteiger partial charge in [0.15, 0.2) is 0 Å². The zero-order chi connectivity index (χ0) is 22.6. The average Bonchev–Trinajstić information content (AvgIpc) is 3.13. The Kier molecular flexibility index (Phi) is 7.12. The second kappa shape index (κ2) is 9.62. The molecule has 1 amide bonds. The summed E-state index contributed by atoms with van der Waals surface area (Å²) in [5.74, 6) is 0.780. The van der Waals surface area contributed by atoms with Gasteiger partial charge in [-0.1, -0.05) is 11.6 Å². The Morgan fingerprint density at radius 1 is 1.29 bits per heavy atom. The van der Waals surface area contributed by atoms with Crippen LogP contribution in [-0.4, -0.2) is 56.3 Å². The lowest BCUT2D eigenvalue weighted by atomic mass is 9.98. The number of carbonyl (C=O) groups is 1. The van der Waals surface area contributed by atoms with Crippen molar-refractivity contribution < 1.29 is 18.7 Å². The number of carbonyl (C=O) groups excluding carboxylic acids is 1. The highest BCUT2D eigenvalue weighted by Gasteiger charge is 2.29. The minimum absolute atomic E-state index is 0.0502. The third kappa shape index (κ3) is 5.32. The predicted molar refractivity (Wildman–Crippen MR) is 114 cm³/mol. The number of pyridine rings is 1. The van der Waals surface area contributed by atoms with Crippen LogP contribution < -0.4 is 4.74 Å². The van der Waals surface area contributed by atoms with Gasteiger partial charge in [0, 0.05) is 14.1 Å². The lowest BCUT2D eigenvalue weighted by Gasteiger charge is -2.32. The van der Waals surface area contributed by atoms with Crippen molar-refractivity contribution in [2.45, 2.75) is 71.1 Å². The first-order valence-electron chi connectivity index (χ1n) is 10.7. The van der Waals surface area contributed by atoms with Crippen molar-refractivity contribution in [3.8, 4) is 17.1 Å². The van der Waals surface area contributed by atoms with Gasteiger partial charge in [-0.2, -0.15) is 0 Å². The van der Waals surface area contributed by atoms with E-state index in [1.165, 1.54) is 31.2 Å². The van der Waals surface area contributed by atoms with Gasteiger partial charge in [0.25, 0.3) is 0 Å². The van der Waals surface area contributed by atoms with Crippen molar-refractivity contribution in [2.24, 2.45) is 7.05 Å². The Bertz CT molecular complexity index is 909. The summed E-state index contributed by atoms with van der Waals surface area (Å²) in [6, 6.07) is 3.76. The zero-order valence-electron chi connectivity index (χ0n) is 19.0. The van der Waals surface area contributed by atoms with Gasteiger partial charge in [-0.3, -0.25) is 0 Å². The number of nitrogens with zero attached hydrogens (tertiary/aromatic N) is 5. The summed E-state index contributed by atoms with van der Waals surface area (Å²) >= 11 is 0. The maximum absolute atomic E-state index is 13.2. The van der Waals surface area contributed by atoms with E-state index in [4.69, 9.17) is 9.47 Å². The second-order valence-electron chi connectivity index (χ2n) is 8.73. The standard InChI is InChI=1S/C22H32FN5O3/c1-15-19(31-16-9-7-6-8-10-16)12-11-17(24-15)20-18(28(5)26-25-20)13-30-21(29)27(4)22(2,3)14-23/h11-12,16H,6-10,13-14H2,1-5H3. The molecule has 0 aliphatic heterocycles. The number of ether oxygens (including phenoxy) is 2. The highest BCUT2D eigenvalue weighted by atomic mass is 19.1. The molecule has 1 saturated carbocycles. The van der Waals surface area contributed by atoms with Crippen LogP contribution in [0.15, 0.2) is 12.1 Å². The van der Waals surface area contributed by atoms with Crippen LogP contribution in [0.4, 0.5) is 9.18 Å². The molecule has 2 aromatic rings. The van der Waals surface area contributed by atoms with E-state index in [2.05, 4.69) is 15.3 Å². The molecule has 0 unspecified atom stereocenters. The van der Waals surface area contributed by atoms with Crippen LogP contribution in [0.1, 0.15) is 57.3 Å². The summed E-state index contributed by atoms with van der Waals surface area (Å²) in [5.41, 5.74) is 1.60. The molecule has 0 saturated heterocycles. The second-order valence-corrected chi connectivity index (χ2v) is 8.73. The summed E-state index contributed by atoms with van der Waals surface area (Å²) < 4.78 is 26.3. The van der Waals surface area contributed by atoms with Gasteiger partial charge >= 0.3 is 6.09 Å². The monoisotopic (exact) mass is 433 g/mol. The summed E-state index contributed by atoms with van der Waals surface area (Å²) in [7, 11) is 3.24. The normalized spacial score (nSPS) is 15.0. The summed E-state index contributed by atoms with van der Waals surface area (Å²) in [6.07, 6.45) is 5.47. The van der Waals surface area contributed by atoms with Crippen LogP contribution in [0, 0.1) is 6.92 Å². The molecule has 0 N–H and O–H groups in total. The maximum atomic E-state index is 13.2. The molecule has 0 atom stereocenters. The van der Waals surface area contributed by atoms with Crippen molar-refractivity contribution in [3.05, 3.63) is 23.5 Å². The molecule has 0 aromatic carbocycles. The van der Waals surface area contributed by atoms with E-state index in [0.29, 0.717) is 17.1 Å². The third-order valence-electron chi connectivity index (χ3n) is 5.91. The molecule has 1 aliphatic rings. The van der Waals surface area contributed by atoms with E-state index >= 15 is 0 Å². The molecule has 0 radical (unpaired) electrons. The van der Waals surface area contributed by atoms with Crippen molar-refractivity contribution in [2.75, 3.05) is 13.7 Å². The Hall–Kier alpha value is -2.71. The first-order chi connectivity index (χ1) is 14.7. The van der Waals surface area contributed by atoms with Crippen LogP contribution in [0.3, 0.4) is 0 Å². The molecule has 1 fully saturated rings. The average molecular weight is 434 g/mol. The molecule has 3 rings (SSSR count). The number of amides is 1. The largest absolute Gasteiger partial charge is 0.489 e. The summed E-state index contributed by atoms with van der Waals surface area (Å²) in [5, 5.41) is 8.26. The number of aryl methyl sites for hydroxylation is 2. The first-order valence-corrected chi connectivity index (χ1v) is 10.7. The van der Waals surface area contributed by atoms with E-state index in [-0.39, 0.29) is 12.7 Å². The molecule has 0 bridgehead atoms. The van der Waals surface area contributed by atoms with Crippen LogP contribution in [0.25, 0.3) is 11.4 Å². The van der Waals surface area contributed by atoms with Gasteiger partial charge in [0.2, 0.25) is 0 Å². The molecule has 170 valence electrons. The van der Waals surface area contributed by atoms with Crippen molar-refractivity contribution in [1.82, 2.24) is 24.9 Å². The maximum Gasteiger partial charge on any atom is 0.410 e. The molecule has 31 heavy (non-hydrogen) atoms. The molecule has 2 aromatic heterocycles. The number of hydrogen-bond donors (Lipinski definition) is 0. The topological polar surface area (TPSA) is 82.4 Å². The van der Waals surface area contributed by atoms with Crippen LogP contribution >= 0.6 is 0 Å². The van der Waals surface area contributed by atoms with Gasteiger partial charge in [0.1, 0.15) is 30.4 Å². The molecular formula is C22H32FN5O3. The fourth-order valence-corrected chi connectivity index (χ4v) is 3.47. The quantitative estimate of drug-likeness (QED) is 0.650.